The van der Waals surface area contributed by atoms with E-state index in [1.165, 1.54) is 0 Å². The van der Waals surface area contributed by atoms with Crippen LogP contribution in [0.2, 0.25) is 0 Å². The highest BCUT2D eigenvalue weighted by molar-refractivity contribution is 6.00. The average molecular weight is 407 g/mol. The van der Waals surface area contributed by atoms with Crippen molar-refractivity contribution in [3.05, 3.63) is 65.4 Å². The maximum Gasteiger partial charge on any atom is 0.273 e. The monoisotopic (exact) mass is 407 g/mol. The van der Waals surface area contributed by atoms with E-state index in [2.05, 4.69) is 17.1 Å². The molecule has 1 aromatic heterocycles. The maximum atomic E-state index is 13.1. The highest BCUT2D eigenvalue weighted by Crippen LogP contribution is 2.44. The van der Waals surface area contributed by atoms with Crippen LogP contribution < -0.4 is 4.74 Å². The van der Waals surface area contributed by atoms with Crippen molar-refractivity contribution in [2.24, 2.45) is 0 Å². The topological polar surface area (TPSA) is 87.7 Å². The molecule has 0 radical (unpaired) electrons. The largest absolute Gasteiger partial charge is 0.507 e. The number of benzene rings is 2. The molecule has 0 unspecified atom stereocenters. The molecule has 4 rings (SSSR count). The summed E-state index contributed by atoms with van der Waals surface area (Å²) < 4.78 is 10.9. The predicted molar refractivity (Wildman–Crippen MR) is 113 cm³/mol. The SMILES string of the molecule is CCCOc1ccc([C@H]2c3c(-c4ccccc4O)n[nH]c3C(=O)N2CCOC)cc1. The first-order valence-electron chi connectivity index (χ1n) is 10.0. The first-order valence-corrected chi connectivity index (χ1v) is 10.0. The summed E-state index contributed by atoms with van der Waals surface area (Å²) in [5.74, 6) is 0.783. The number of H-pyrrole nitrogens is 1. The van der Waals surface area contributed by atoms with Gasteiger partial charge in [-0.05, 0) is 36.2 Å². The molecule has 2 N–H and O–H groups in total. The molecule has 0 bridgehead atoms. The quantitative estimate of drug-likeness (QED) is 0.594. The molecule has 1 aliphatic rings. The van der Waals surface area contributed by atoms with Crippen LogP contribution in [-0.2, 0) is 4.74 Å². The number of nitrogens with one attached hydrogen (secondary N) is 1. The van der Waals surface area contributed by atoms with Gasteiger partial charge in [0.2, 0.25) is 0 Å². The molecule has 0 aliphatic carbocycles. The second kappa shape index (κ2) is 8.59. The highest BCUT2D eigenvalue weighted by Gasteiger charge is 2.42. The number of carbonyl (C=O) groups excluding carboxylic acids is 1. The van der Waals surface area contributed by atoms with Crippen molar-refractivity contribution in [2.75, 3.05) is 26.9 Å². The van der Waals surface area contributed by atoms with Gasteiger partial charge in [-0.1, -0.05) is 31.2 Å². The number of aromatic amines is 1. The summed E-state index contributed by atoms with van der Waals surface area (Å²) in [4.78, 5) is 14.9. The zero-order valence-corrected chi connectivity index (χ0v) is 17.1. The summed E-state index contributed by atoms with van der Waals surface area (Å²) in [5.41, 5.74) is 3.32. The lowest BCUT2D eigenvalue weighted by Crippen LogP contribution is -2.32. The zero-order chi connectivity index (χ0) is 21.1. The Morgan fingerprint density at radius 1 is 1.13 bits per heavy atom. The molecular formula is C23H25N3O4. The Balaban J connectivity index is 1.78. The van der Waals surface area contributed by atoms with E-state index < -0.39 is 0 Å². The van der Waals surface area contributed by atoms with Crippen molar-refractivity contribution in [3.8, 4) is 22.8 Å². The normalized spacial score (nSPS) is 15.5. The van der Waals surface area contributed by atoms with Gasteiger partial charge in [-0.25, -0.2) is 0 Å². The van der Waals surface area contributed by atoms with Gasteiger partial charge in [0.25, 0.3) is 5.91 Å². The number of rotatable bonds is 8. The standard InChI is InChI=1S/C23H25N3O4/c1-3-13-30-16-10-8-15(9-11-16)22-19-20(17-6-4-5-7-18(17)27)24-25-21(19)23(28)26(22)12-14-29-2/h4-11,22,27H,3,12-14H2,1-2H3,(H,24,25)/t22-/m0/s1. The Bertz CT molecular complexity index is 1030. The van der Waals surface area contributed by atoms with Gasteiger partial charge in [0.05, 0.1) is 19.3 Å². The second-order valence-corrected chi connectivity index (χ2v) is 7.19. The van der Waals surface area contributed by atoms with Crippen molar-refractivity contribution in [1.82, 2.24) is 15.1 Å². The summed E-state index contributed by atoms with van der Waals surface area (Å²) >= 11 is 0. The summed E-state index contributed by atoms with van der Waals surface area (Å²) in [6, 6.07) is 14.5. The van der Waals surface area contributed by atoms with Crippen LogP contribution in [0.4, 0.5) is 0 Å². The molecule has 1 atom stereocenters. The molecule has 7 heteroatoms. The number of hydrogen-bond donors (Lipinski definition) is 2. The lowest BCUT2D eigenvalue weighted by atomic mass is 9.95. The minimum atomic E-state index is -0.337. The molecule has 0 spiro atoms. The molecule has 1 amide bonds. The van der Waals surface area contributed by atoms with E-state index in [1.807, 2.05) is 30.3 Å². The van der Waals surface area contributed by atoms with Crippen LogP contribution in [0.3, 0.4) is 0 Å². The number of carbonyl (C=O) groups is 1. The van der Waals surface area contributed by atoms with Gasteiger partial charge < -0.3 is 19.5 Å². The molecule has 2 aromatic carbocycles. The molecule has 0 fully saturated rings. The van der Waals surface area contributed by atoms with E-state index in [0.717, 1.165) is 23.3 Å². The third kappa shape index (κ3) is 3.52. The van der Waals surface area contributed by atoms with Crippen LogP contribution in [0.25, 0.3) is 11.3 Å². The lowest BCUT2D eigenvalue weighted by Gasteiger charge is -2.26. The number of fused-ring (bicyclic) bond motifs is 1. The fourth-order valence-corrected chi connectivity index (χ4v) is 3.81. The Kier molecular flexibility index (Phi) is 5.72. The minimum absolute atomic E-state index is 0.122. The Morgan fingerprint density at radius 2 is 1.90 bits per heavy atom. The van der Waals surface area contributed by atoms with Gasteiger partial charge in [0.15, 0.2) is 0 Å². The maximum absolute atomic E-state index is 13.1. The Hall–Kier alpha value is -3.32. The van der Waals surface area contributed by atoms with Crippen LogP contribution in [0.5, 0.6) is 11.5 Å². The van der Waals surface area contributed by atoms with Crippen molar-refractivity contribution in [1.29, 1.82) is 0 Å². The van der Waals surface area contributed by atoms with Crippen LogP contribution in [0, 0.1) is 0 Å². The lowest BCUT2D eigenvalue weighted by molar-refractivity contribution is 0.0677. The molecule has 3 aromatic rings. The summed E-state index contributed by atoms with van der Waals surface area (Å²) in [6.07, 6.45) is 0.936. The van der Waals surface area contributed by atoms with Gasteiger partial charge in [-0.15, -0.1) is 0 Å². The van der Waals surface area contributed by atoms with E-state index in [4.69, 9.17) is 9.47 Å². The Morgan fingerprint density at radius 3 is 2.60 bits per heavy atom. The molecule has 156 valence electrons. The number of amides is 1. The molecule has 30 heavy (non-hydrogen) atoms. The number of nitrogens with zero attached hydrogens (tertiary/aromatic N) is 2. The van der Waals surface area contributed by atoms with Gasteiger partial charge in [-0.2, -0.15) is 5.10 Å². The third-order valence-electron chi connectivity index (χ3n) is 5.23. The van der Waals surface area contributed by atoms with Crippen LogP contribution in [0.1, 0.15) is 41.0 Å². The van der Waals surface area contributed by atoms with Gasteiger partial charge in [0, 0.05) is 24.8 Å². The van der Waals surface area contributed by atoms with E-state index in [1.54, 1.807) is 30.2 Å². The zero-order valence-electron chi connectivity index (χ0n) is 17.1. The number of ether oxygens (including phenoxy) is 2. The summed E-state index contributed by atoms with van der Waals surface area (Å²) in [6.45, 7) is 3.58. The second-order valence-electron chi connectivity index (χ2n) is 7.19. The molecule has 0 saturated carbocycles. The van der Waals surface area contributed by atoms with Crippen LogP contribution >= 0.6 is 0 Å². The summed E-state index contributed by atoms with van der Waals surface area (Å²) in [5, 5.41) is 17.6. The van der Waals surface area contributed by atoms with Gasteiger partial charge in [-0.3, -0.25) is 9.89 Å². The summed E-state index contributed by atoms with van der Waals surface area (Å²) in [7, 11) is 1.61. The first kappa shape index (κ1) is 20.0. The highest BCUT2D eigenvalue weighted by atomic mass is 16.5. The number of aromatic hydroxyl groups is 1. The molecule has 0 saturated heterocycles. The molecule has 7 nitrogen and oxygen atoms in total. The molecule has 2 heterocycles. The number of aromatic nitrogens is 2. The van der Waals surface area contributed by atoms with E-state index in [0.29, 0.717) is 36.7 Å². The fraction of sp³-hybridized carbons (Fsp3) is 0.304. The van der Waals surface area contributed by atoms with E-state index in [-0.39, 0.29) is 17.7 Å². The first-order chi connectivity index (χ1) is 14.7. The van der Waals surface area contributed by atoms with Crippen molar-refractivity contribution in [2.45, 2.75) is 19.4 Å². The van der Waals surface area contributed by atoms with Crippen LogP contribution in [-0.4, -0.2) is 53.0 Å². The van der Waals surface area contributed by atoms with Crippen LogP contribution in [0.15, 0.2) is 48.5 Å². The third-order valence-corrected chi connectivity index (χ3v) is 5.23. The number of hydrogen-bond acceptors (Lipinski definition) is 5. The number of phenols is 1. The predicted octanol–water partition coefficient (Wildman–Crippen LogP) is 3.76. The van der Waals surface area contributed by atoms with Crippen molar-refractivity contribution < 1.29 is 19.4 Å². The van der Waals surface area contributed by atoms with E-state index >= 15 is 0 Å². The minimum Gasteiger partial charge on any atom is -0.507 e. The molecular weight excluding hydrogens is 382 g/mol. The Labute approximate surface area is 175 Å². The van der Waals surface area contributed by atoms with Gasteiger partial charge in [0.1, 0.15) is 22.9 Å². The van der Waals surface area contributed by atoms with Crippen molar-refractivity contribution >= 4 is 5.91 Å². The average Bonchev–Trinajstić information content (AvgIpc) is 3.30. The molecule has 1 aliphatic heterocycles. The smallest absolute Gasteiger partial charge is 0.273 e. The fourth-order valence-electron chi connectivity index (χ4n) is 3.81. The number of para-hydroxylation sites is 1. The number of methoxy groups -OCH3 is 1. The van der Waals surface area contributed by atoms with Gasteiger partial charge >= 0.3 is 0 Å². The van der Waals surface area contributed by atoms with E-state index in [9.17, 15) is 9.90 Å². The number of phenolic OH excluding ortho intramolecular Hbond substituents is 1. The van der Waals surface area contributed by atoms with Crippen molar-refractivity contribution in [3.63, 3.8) is 0 Å².